The Kier molecular flexibility index (Phi) is 3.83. The van der Waals surface area contributed by atoms with Gasteiger partial charge < -0.3 is 10.1 Å². The second-order valence-electron chi connectivity index (χ2n) is 5.46. The third-order valence-corrected chi connectivity index (χ3v) is 3.83. The van der Waals surface area contributed by atoms with E-state index < -0.39 is 0 Å². The van der Waals surface area contributed by atoms with Gasteiger partial charge in [0, 0.05) is 31.0 Å². The maximum absolute atomic E-state index is 5.77. The molecule has 1 aliphatic heterocycles. The van der Waals surface area contributed by atoms with Gasteiger partial charge in [-0.25, -0.2) is 15.0 Å². The van der Waals surface area contributed by atoms with E-state index in [2.05, 4.69) is 30.5 Å². The molecule has 7 heteroatoms. The van der Waals surface area contributed by atoms with Crippen molar-refractivity contribution in [3.63, 3.8) is 0 Å². The number of aromatic nitrogens is 5. The molecule has 1 saturated heterocycles. The highest BCUT2D eigenvalue weighted by Gasteiger charge is 2.32. The molecule has 3 rings (SSSR count). The maximum Gasteiger partial charge on any atom is 0.222 e. The molecular weight excluding hydrogens is 268 g/mol. The van der Waals surface area contributed by atoms with E-state index in [0.717, 1.165) is 42.5 Å². The summed E-state index contributed by atoms with van der Waals surface area (Å²) in [5, 5.41) is 10.4. The molecule has 0 bridgehead atoms. The number of nitrogens with zero attached hydrogens (tertiary/aromatic N) is 4. The van der Waals surface area contributed by atoms with Crippen LogP contribution in [0.15, 0.2) is 6.20 Å². The van der Waals surface area contributed by atoms with Crippen LogP contribution in [0.3, 0.4) is 0 Å². The Labute approximate surface area is 123 Å². The van der Waals surface area contributed by atoms with Crippen molar-refractivity contribution in [2.45, 2.75) is 33.3 Å². The van der Waals surface area contributed by atoms with Crippen molar-refractivity contribution in [3.05, 3.63) is 29.1 Å². The summed E-state index contributed by atoms with van der Waals surface area (Å²) in [7, 11) is 0. The molecular formula is C14H20N6O. The van der Waals surface area contributed by atoms with Crippen LogP contribution in [0.1, 0.15) is 35.4 Å². The third-order valence-electron chi connectivity index (χ3n) is 3.83. The first-order chi connectivity index (χ1) is 10.1. The quantitative estimate of drug-likeness (QED) is 0.890. The number of aromatic amines is 1. The van der Waals surface area contributed by atoms with Gasteiger partial charge in [-0.2, -0.15) is 5.10 Å². The van der Waals surface area contributed by atoms with Gasteiger partial charge in [-0.1, -0.05) is 0 Å². The van der Waals surface area contributed by atoms with Gasteiger partial charge in [-0.15, -0.1) is 0 Å². The van der Waals surface area contributed by atoms with E-state index in [4.69, 9.17) is 4.74 Å². The van der Waals surface area contributed by atoms with E-state index in [0.29, 0.717) is 11.9 Å². The molecule has 2 N–H and O–H groups in total. The highest BCUT2D eigenvalue weighted by Crippen LogP contribution is 2.32. The van der Waals surface area contributed by atoms with E-state index in [1.807, 2.05) is 27.0 Å². The fraction of sp³-hybridized carbons (Fsp3) is 0.571. The summed E-state index contributed by atoms with van der Waals surface area (Å²) in [5.74, 6) is 2.53. The minimum absolute atomic E-state index is 0.0611. The van der Waals surface area contributed by atoms with Crippen LogP contribution < -0.4 is 5.32 Å². The van der Waals surface area contributed by atoms with Crippen LogP contribution in [0.2, 0.25) is 0 Å². The highest BCUT2D eigenvalue weighted by molar-refractivity contribution is 5.28. The zero-order valence-corrected chi connectivity index (χ0v) is 12.6. The van der Waals surface area contributed by atoms with E-state index in [-0.39, 0.29) is 6.10 Å². The predicted octanol–water partition coefficient (Wildman–Crippen LogP) is 1.71. The Morgan fingerprint density at radius 1 is 1.33 bits per heavy atom. The van der Waals surface area contributed by atoms with Crippen LogP contribution in [0, 0.1) is 26.7 Å². The summed E-state index contributed by atoms with van der Waals surface area (Å²) in [6.07, 6.45) is 2.76. The first-order valence-corrected chi connectivity index (χ1v) is 7.18. The average molecular weight is 288 g/mol. The van der Waals surface area contributed by atoms with Crippen LogP contribution in [-0.4, -0.2) is 38.3 Å². The van der Waals surface area contributed by atoms with E-state index >= 15 is 0 Å². The zero-order valence-electron chi connectivity index (χ0n) is 12.6. The van der Waals surface area contributed by atoms with Gasteiger partial charge in [-0.05, 0) is 32.8 Å². The first-order valence-electron chi connectivity index (χ1n) is 7.18. The van der Waals surface area contributed by atoms with Gasteiger partial charge >= 0.3 is 0 Å². The summed E-state index contributed by atoms with van der Waals surface area (Å²) < 4.78 is 5.77. The summed E-state index contributed by atoms with van der Waals surface area (Å²) in [6.45, 7) is 7.37. The molecule has 3 heterocycles. The van der Waals surface area contributed by atoms with E-state index in [9.17, 15) is 0 Å². The van der Waals surface area contributed by atoms with Crippen molar-refractivity contribution in [3.8, 4) is 0 Å². The number of ether oxygens (including phenoxy) is 1. The van der Waals surface area contributed by atoms with E-state index in [1.165, 1.54) is 0 Å². The molecule has 2 atom stereocenters. The summed E-state index contributed by atoms with van der Waals surface area (Å²) in [4.78, 5) is 13.1. The van der Waals surface area contributed by atoms with Crippen LogP contribution in [0.4, 0.5) is 5.95 Å². The molecule has 0 amide bonds. The molecule has 2 aromatic heterocycles. The standard InChI is InChI=1S/C14H20N6O/c1-8-6-15-14(17-9(8)2)16-7-11-4-5-21-12(11)13-18-10(3)19-20-13/h6,11-12H,4-5,7H2,1-3H3,(H,15,16,17)(H,18,19,20)/t11-,12-/m0/s1. The molecule has 0 saturated carbocycles. The summed E-state index contributed by atoms with van der Waals surface area (Å²) >= 11 is 0. The van der Waals surface area contributed by atoms with E-state index in [1.54, 1.807) is 0 Å². The first kappa shape index (κ1) is 13.9. The Hall–Kier alpha value is -2.02. The topological polar surface area (TPSA) is 88.6 Å². The highest BCUT2D eigenvalue weighted by atomic mass is 16.5. The van der Waals surface area contributed by atoms with Crippen molar-refractivity contribution in [1.29, 1.82) is 0 Å². The molecule has 0 aromatic carbocycles. The van der Waals surface area contributed by atoms with Crippen LogP contribution in [0.25, 0.3) is 0 Å². The number of nitrogens with one attached hydrogen (secondary N) is 2. The van der Waals surface area contributed by atoms with Crippen molar-refractivity contribution in [2.24, 2.45) is 5.92 Å². The predicted molar refractivity (Wildman–Crippen MR) is 77.9 cm³/mol. The van der Waals surface area contributed by atoms with Crippen molar-refractivity contribution in [2.75, 3.05) is 18.5 Å². The van der Waals surface area contributed by atoms with Gasteiger partial charge in [0.15, 0.2) is 5.82 Å². The van der Waals surface area contributed by atoms with Gasteiger partial charge in [-0.3, -0.25) is 5.10 Å². The van der Waals surface area contributed by atoms with Crippen LogP contribution in [0.5, 0.6) is 0 Å². The molecule has 0 unspecified atom stereocenters. The molecule has 0 radical (unpaired) electrons. The lowest BCUT2D eigenvalue weighted by Gasteiger charge is -2.16. The van der Waals surface area contributed by atoms with Crippen molar-refractivity contribution >= 4 is 5.95 Å². The summed E-state index contributed by atoms with van der Waals surface area (Å²) in [5.41, 5.74) is 2.09. The smallest absolute Gasteiger partial charge is 0.222 e. The lowest BCUT2D eigenvalue weighted by Crippen LogP contribution is -2.20. The fourth-order valence-corrected chi connectivity index (χ4v) is 2.45. The third kappa shape index (κ3) is 3.02. The lowest BCUT2D eigenvalue weighted by atomic mass is 10.0. The van der Waals surface area contributed by atoms with Crippen LogP contribution >= 0.6 is 0 Å². The van der Waals surface area contributed by atoms with Gasteiger partial charge in [0.2, 0.25) is 5.95 Å². The van der Waals surface area contributed by atoms with Crippen molar-refractivity contribution in [1.82, 2.24) is 25.1 Å². The molecule has 0 spiro atoms. The summed E-state index contributed by atoms with van der Waals surface area (Å²) in [6, 6.07) is 0. The normalized spacial score (nSPS) is 21.7. The SMILES string of the molecule is Cc1nc([C@H]2OCC[C@H]2CNc2ncc(C)c(C)n2)n[nH]1. The monoisotopic (exact) mass is 288 g/mol. The Morgan fingerprint density at radius 2 is 2.19 bits per heavy atom. The molecule has 7 nitrogen and oxygen atoms in total. The van der Waals surface area contributed by atoms with Gasteiger partial charge in [0.1, 0.15) is 11.9 Å². The molecule has 112 valence electrons. The number of aryl methyl sites for hydroxylation is 3. The number of rotatable bonds is 4. The van der Waals surface area contributed by atoms with Gasteiger partial charge in [0.05, 0.1) is 0 Å². The van der Waals surface area contributed by atoms with Crippen molar-refractivity contribution < 1.29 is 4.74 Å². The van der Waals surface area contributed by atoms with Gasteiger partial charge in [0.25, 0.3) is 0 Å². The maximum atomic E-state index is 5.77. The Bertz CT molecular complexity index is 626. The molecule has 1 aliphatic rings. The number of H-pyrrole nitrogens is 1. The Balaban J connectivity index is 1.65. The fourth-order valence-electron chi connectivity index (χ4n) is 2.45. The number of hydrogen-bond acceptors (Lipinski definition) is 6. The lowest BCUT2D eigenvalue weighted by molar-refractivity contribution is 0.0863. The second kappa shape index (κ2) is 5.77. The Morgan fingerprint density at radius 3 is 2.90 bits per heavy atom. The molecule has 0 aliphatic carbocycles. The molecule has 1 fully saturated rings. The molecule has 2 aromatic rings. The number of anilines is 1. The second-order valence-corrected chi connectivity index (χ2v) is 5.46. The number of hydrogen-bond donors (Lipinski definition) is 2. The molecule has 21 heavy (non-hydrogen) atoms. The minimum atomic E-state index is -0.0611. The average Bonchev–Trinajstić information content (AvgIpc) is 3.08. The largest absolute Gasteiger partial charge is 0.370 e. The zero-order chi connectivity index (χ0) is 14.8. The van der Waals surface area contributed by atoms with Crippen LogP contribution in [-0.2, 0) is 4.74 Å². The minimum Gasteiger partial charge on any atom is -0.370 e.